The quantitative estimate of drug-likeness (QED) is 0.644. The van der Waals surface area contributed by atoms with Crippen LogP contribution in [0.1, 0.15) is 19.8 Å². The van der Waals surface area contributed by atoms with Crippen LogP contribution in [0.25, 0.3) is 0 Å². The first-order valence-electron chi connectivity index (χ1n) is 9.76. The number of ether oxygens (including phenoxy) is 4. The fourth-order valence-electron chi connectivity index (χ4n) is 3.66. The molecule has 10 heteroatoms. The third-order valence-corrected chi connectivity index (χ3v) is 7.78. The predicted octanol–water partition coefficient (Wildman–Crippen LogP) is 3.09. The van der Waals surface area contributed by atoms with E-state index in [9.17, 15) is 13.2 Å². The normalized spacial score (nSPS) is 16.8. The molecule has 1 fully saturated rings. The average molecular weight is 470 g/mol. The number of hydrogen-bond acceptors (Lipinski definition) is 8. The van der Waals surface area contributed by atoms with Crippen molar-refractivity contribution in [2.45, 2.75) is 29.4 Å². The fourth-order valence-corrected chi connectivity index (χ4v) is 5.63. The Bertz CT molecular complexity index is 1030. The molecule has 0 atom stereocenters. The van der Waals surface area contributed by atoms with Crippen LogP contribution in [-0.4, -0.2) is 45.6 Å². The van der Waals surface area contributed by atoms with Gasteiger partial charge in [0, 0.05) is 6.07 Å². The maximum Gasteiger partial charge on any atom is 0.327 e. The summed E-state index contributed by atoms with van der Waals surface area (Å²) in [6.07, 6.45) is 0.341. The maximum atomic E-state index is 13.4. The Hall–Kier alpha value is -2.49. The number of piperidine rings is 1. The second kappa shape index (κ2) is 9.33. The van der Waals surface area contributed by atoms with Gasteiger partial charge < -0.3 is 24.3 Å². The van der Waals surface area contributed by atoms with Gasteiger partial charge in [-0.25, -0.2) is 8.42 Å². The summed E-state index contributed by atoms with van der Waals surface area (Å²) in [5.41, 5.74) is 0. The molecule has 31 heavy (non-hydrogen) atoms. The van der Waals surface area contributed by atoms with Crippen molar-refractivity contribution in [3.63, 3.8) is 0 Å². The molecular formula is C21H24ClNO7S. The van der Waals surface area contributed by atoms with Crippen LogP contribution in [0.5, 0.6) is 23.0 Å². The number of nitrogens with one attached hydrogen (secondary N) is 1. The first-order valence-corrected chi connectivity index (χ1v) is 11.2. The smallest absolute Gasteiger partial charge is 0.327 e. The van der Waals surface area contributed by atoms with Crippen molar-refractivity contribution in [2.75, 3.05) is 26.5 Å². The monoisotopic (exact) mass is 469 g/mol. The van der Waals surface area contributed by atoms with Gasteiger partial charge in [-0.05, 0) is 69.3 Å². The Morgan fingerprint density at radius 3 is 2.35 bits per heavy atom. The van der Waals surface area contributed by atoms with Gasteiger partial charge in [0.05, 0.1) is 11.5 Å². The predicted molar refractivity (Wildman–Crippen MR) is 115 cm³/mol. The van der Waals surface area contributed by atoms with Crippen molar-refractivity contribution in [2.24, 2.45) is 0 Å². The lowest BCUT2D eigenvalue weighted by molar-refractivity contribution is -0.147. The Balaban J connectivity index is 0.00000272. The number of fused-ring (bicyclic) bond motifs is 1. The van der Waals surface area contributed by atoms with E-state index < -0.39 is 20.6 Å². The molecule has 1 saturated heterocycles. The summed E-state index contributed by atoms with van der Waals surface area (Å²) in [6, 6.07) is 11.2. The Morgan fingerprint density at radius 2 is 1.68 bits per heavy atom. The van der Waals surface area contributed by atoms with Gasteiger partial charge in [0.1, 0.15) is 11.5 Å². The molecule has 0 bridgehead atoms. The second-order valence-electron chi connectivity index (χ2n) is 7.06. The summed E-state index contributed by atoms with van der Waals surface area (Å²) in [6.45, 7) is 2.84. The molecule has 2 aliphatic rings. The van der Waals surface area contributed by atoms with E-state index in [0.717, 1.165) is 0 Å². The van der Waals surface area contributed by atoms with E-state index in [1.54, 1.807) is 37.3 Å². The molecule has 0 aliphatic carbocycles. The lowest BCUT2D eigenvalue weighted by Gasteiger charge is -2.34. The van der Waals surface area contributed by atoms with Crippen LogP contribution in [0.3, 0.4) is 0 Å². The lowest BCUT2D eigenvalue weighted by atomic mass is 9.97. The molecule has 2 aromatic carbocycles. The zero-order valence-corrected chi connectivity index (χ0v) is 18.6. The number of benzene rings is 2. The molecular weight excluding hydrogens is 446 g/mol. The second-order valence-corrected chi connectivity index (χ2v) is 9.32. The van der Waals surface area contributed by atoms with E-state index in [1.807, 2.05) is 0 Å². The summed E-state index contributed by atoms with van der Waals surface area (Å²) in [5, 5.41) is 3.10. The number of esters is 1. The van der Waals surface area contributed by atoms with Crippen LogP contribution >= 0.6 is 12.4 Å². The highest BCUT2D eigenvalue weighted by molar-refractivity contribution is 7.93. The molecule has 0 unspecified atom stereocenters. The maximum absolute atomic E-state index is 13.4. The van der Waals surface area contributed by atoms with E-state index in [2.05, 4.69) is 5.32 Å². The van der Waals surface area contributed by atoms with Crippen molar-refractivity contribution in [1.29, 1.82) is 0 Å². The fraction of sp³-hybridized carbons (Fsp3) is 0.381. The topological polar surface area (TPSA) is 100 Å². The van der Waals surface area contributed by atoms with Crippen LogP contribution in [0.15, 0.2) is 47.4 Å². The minimum Gasteiger partial charge on any atom is -0.465 e. The van der Waals surface area contributed by atoms with Crippen LogP contribution < -0.4 is 19.5 Å². The van der Waals surface area contributed by atoms with Gasteiger partial charge in [-0.3, -0.25) is 4.79 Å². The van der Waals surface area contributed by atoms with Crippen LogP contribution in [0, 0.1) is 0 Å². The zero-order valence-electron chi connectivity index (χ0n) is 17.0. The highest BCUT2D eigenvalue weighted by Crippen LogP contribution is 2.38. The third kappa shape index (κ3) is 4.30. The molecule has 168 valence electrons. The van der Waals surface area contributed by atoms with Crippen LogP contribution in [0.4, 0.5) is 0 Å². The van der Waals surface area contributed by atoms with Crippen LogP contribution in [0.2, 0.25) is 0 Å². The molecule has 8 nitrogen and oxygen atoms in total. The summed E-state index contributed by atoms with van der Waals surface area (Å²) >= 11 is 0. The molecule has 0 saturated carbocycles. The van der Waals surface area contributed by atoms with Crippen molar-refractivity contribution >= 4 is 28.2 Å². The van der Waals surface area contributed by atoms with Crippen molar-refractivity contribution in [3.05, 3.63) is 42.5 Å². The largest absolute Gasteiger partial charge is 0.465 e. The molecule has 0 amide bonds. The summed E-state index contributed by atoms with van der Waals surface area (Å²) in [4.78, 5) is 12.7. The van der Waals surface area contributed by atoms with E-state index in [4.69, 9.17) is 18.9 Å². The highest BCUT2D eigenvalue weighted by Gasteiger charge is 2.53. The highest BCUT2D eigenvalue weighted by atomic mass is 35.5. The number of carbonyl (C=O) groups is 1. The number of sulfone groups is 1. The van der Waals surface area contributed by atoms with Gasteiger partial charge in [0.2, 0.25) is 6.79 Å². The molecule has 1 N–H and O–H groups in total. The number of halogens is 1. The molecule has 2 aromatic rings. The molecule has 2 heterocycles. The summed E-state index contributed by atoms with van der Waals surface area (Å²) < 4.78 is 46.8. The summed E-state index contributed by atoms with van der Waals surface area (Å²) in [7, 11) is -3.95. The first-order chi connectivity index (χ1) is 14.5. The van der Waals surface area contributed by atoms with Gasteiger partial charge in [0.15, 0.2) is 26.1 Å². The minimum atomic E-state index is -3.95. The summed E-state index contributed by atoms with van der Waals surface area (Å²) in [5.74, 6) is 1.55. The van der Waals surface area contributed by atoms with E-state index in [1.165, 1.54) is 12.1 Å². The van der Waals surface area contributed by atoms with Crippen molar-refractivity contribution in [1.82, 2.24) is 5.32 Å². The standard InChI is InChI=1S/C21H23NO7S.ClH/c1-2-26-20(23)21(9-11-22-12-10-21)30(24,25)17-6-3-15(4-7-17)29-16-5-8-18-19(13-16)28-14-27-18;/h3-8,13,22H,2,9-12,14H2,1H3;1H. The van der Waals surface area contributed by atoms with Gasteiger partial charge in [-0.15, -0.1) is 12.4 Å². The van der Waals surface area contributed by atoms with Gasteiger partial charge in [-0.1, -0.05) is 0 Å². The molecule has 4 rings (SSSR count). The SMILES string of the molecule is CCOC(=O)C1(S(=O)(=O)c2ccc(Oc3ccc4c(c3)OCO4)cc2)CCNCC1.Cl. The Labute approximate surface area is 187 Å². The average Bonchev–Trinajstić information content (AvgIpc) is 3.22. The van der Waals surface area contributed by atoms with Crippen molar-refractivity contribution in [3.8, 4) is 23.0 Å². The Kier molecular flexibility index (Phi) is 6.98. The molecule has 0 spiro atoms. The number of rotatable bonds is 6. The Morgan fingerprint density at radius 1 is 1.03 bits per heavy atom. The van der Waals surface area contributed by atoms with Gasteiger partial charge >= 0.3 is 5.97 Å². The van der Waals surface area contributed by atoms with Crippen LogP contribution in [-0.2, 0) is 19.4 Å². The first kappa shape index (κ1) is 23.2. The lowest BCUT2D eigenvalue weighted by Crippen LogP contribution is -2.54. The zero-order chi connectivity index (χ0) is 21.2. The van der Waals surface area contributed by atoms with E-state index >= 15 is 0 Å². The molecule has 0 aromatic heterocycles. The van der Waals surface area contributed by atoms with Gasteiger partial charge in [0.25, 0.3) is 0 Å². The van der Waals surface area contributed by atoms with Gasteiger partial charge in [-0.2, -0.15) is 0 Å². The number of hydrogen-bond donors (Lipinski definition) is 1. The van der Waals surface area contributed by atoms with Crippen molar-refractivity contribution < 1.29 is 32.2 Å². The minimum absolute atomic E-state index is 0. The van der Waals surface area contributed by atoms with E-state index in [-0.39, 0.29) is 43.5 Å². The number of carbonyl (C=O) groups excluding carboxylic acids is 1. The molecule has 0 radical (unpaired) electrons. The molecule has 2 aliphatic heterocycles. The van der Waals surface area contributed by atoms with E-state index in [0.29, 0.717) is 36.1 Å². The third-order valence-electron chi connectivity index (χ3n) is 5.29.